The molecule has 0 heterocycles. The van der Waals surface area contributed by atoms with Gasteiger partial charge in [-0.15, -0.1) is 0 Å². The van der Waals surface area contributed by atoms with Crippen LogP contribution in [0.25, 0.3) is 0 Å². The molecule has 0 saturated heterocycles. The number of carbonyl (C=O) groups is 3. The molecule has 0 saturated carbocycles. The van der Waals surface area contributed by atoms with Gasteiger partial charge in [-0.25, -0.2) is 22.3 Å². The second-order valence-corrected chi connectivity index (χ2v) is 6.83. The van der Waals surface area contributed by atoms with Gasteiger partial charge in [0.1, 0.15) is 5.82 Å². The van der Waals surface area contributed by atoms with Crippen molar-refractivity contribution in [2.75, 3.05) is 19.8 Å². The molecule has 0 aromatic heterocycles. The van der Waals surface area contributed by atoms with Crippen LogP contribution in [0.1, 0.15) is 13.3 Å². The Morgan fingerprint density at radius 1 is 1.23 bits per heavy atom. The van der Waals surface area contributed by atoms with E-state index in [2.05, 4.69) is 14.2 Å². The lowest BCUT2D eigenvalue weighted by Gasteiger charge is -2.08. The largest absolute Gasteiger partial charge is 0.456 e. The Morgan fingerprint density at radius 2 is 1.92 bits per heavy atom. The predicted octanol–water partition coefficient (Wildman–Crippen LogP) is 0.963. The molecule has 0 aliphatic carbocycles. The molecular weight excluding hydrogens is 395 g/mol. The SMILES string of the molecule is CCOC(=O)NC(=O)COC(=O)CCNS(=O)(=O)c1ccc(F)c(Cl)c1. The van der Waals surface area contributed by atoms with Gasteiger partial charge in [0.15, 0.2) is 6.61 Å². The van der Waals surface area contributed by atoms with E-state index in [4.69, 9.17) is 11.6 Å². The molecule has 1 aromatic rings. The highest BCUT2D eigenvalue weighted by atomic mass is 35.5. The van der Waals surface area contributed by atoms with Gasteiger partial charge in [0.2, 0.25) is 10.0 Å². The predicted molar refractivity (Wildman–Crippen MR) is 87.3 cm³/mol. The molecule has 12 heteroatoms. The van der Waals surface area contributed by atoms with E-state index in [0.717, 1.165) is 18.2 Å². The first-order valence-electron chi connectivity index (χ1n) is 7.22. The van der Waals surface area contributed by atoms with Crippen LogP contribution in [-0.2, 0) is 29.1 Å². The van der Waals surface area contributed by atoms with Gasteiger partial charge in [0.25, 0.3) is 5.91 Å². The summed E-state index contributed by atoms with van der Waals surface area (Å²) in [4.78, 5) is 33.4. The summed E-state index contributed by atoms with van der Waals surface area (Å²) < 4.78 is 48.1. The fraction of sp³-hybridized carbons (Fsp3) is 0.357. The number of imide groups is 1. The maximum Gasteiger partial charge on any atom is 0.413 e. The monoisotopic (exact) mass is 410 g/mol. The van der Waals surface area contributed by atoms with Crippen LogP contribution in [0.15, 0.2) is 23.1 Å². The zero-order valence-electron chi connectivity index (χ0n) is 13.6. The summed E-state index contributed by atoms with van der Waals surface area (Å²) in [6, 6.07) is 2.84. The molecular formula is C14H16ClFN2O7S. The minimum absolute atomic E-state index is 0.0678. The van der Waals surface area contributed by atoms with Crippen LogP contribution in [0, 0.1) is 5.82 Å². The normalized spacial score (nSPS) is 10.9. The van der Waals surface area contributed by atoms with Crippen molar-refractivity contribution in [3.05, 3.63) is 29.0 Å². The minimum Gasteiger partial charge on any atom is -0.456 e. The Balaban J connectivity index is 2.39. The number of hydrogen-bond acceptors (Lipinski definition) is 7. The lowest BCUT2D eigenvalue weighted by atomic mass is 10.3. The third-order valence-corrected chi connectivity index (χ3v) is 4.45. The summed E-state index contributed by atoms with van der Waals surface area (Å²) in [5, 5.41) is 1.45. The zero-order chi connectivity index (χ0) is 19.7. The van der Waals surface area contributed by atoms with E-state index in [1.807, 2.05) is 5.32 Å². The Morgan fingerprint density at radius 3 is 2.54 bits per heavy atom. The first-order valence-corrected chi connectivity index (χ1v) is 9.08. The molecule has 0 aliphatic heterocycles. The van der Waals surface area contributed by atoms with Crippen molar-refractivity contribution in [1.82, 2.24) is 10.0 Å². The topological polar surface area (TPSA) is 128 Å². The highest BCUT2D eigenvalue weighted by Gasteiger charge is 2.17. The number of carbonyl (C=O) groups excluding carboxylic acids is 3. The second kappa shape index (κ2) is 10.0. The molecule has 0 unspecified atom stereocenters. The van der Waals surface area contributed by atoms with Gasteiger partial charge in [-0.2, -0.15) is 0 Å². The van der Waals surface area contributed by atoms with Crippen molar-refractivity contribution in [2.45, 2.75) is 18.2 Å². The van der Waals surface area contributed by atoms with Gasteiger partial charge in [-0.05, 0) is 25.1 Å². The molecule has 0 atom stereocenters. The maximum absolute atomic E-state index is 13.0. The quantitative estimate of drug-likeness (QED) is 0.611. The number of benzene rings is 1. The lowest BCUT2D eigenvalue weighted by Crippen LogP contribution is -2.35. The van der Waals surface area contributed by atoms with Crippen LogP contribution in [0.4, 0.5) is 9.18 Å². The lowest BCUT2D eigenvalue weighted by molar-refractivity contribution is -0.148. The molecule has 144 valence electrons. The van der Waals surface area contributed by atoms with Gasteiger partial charge in [0, 0.05) is 6.54 Å². The Bertz CT molecular complexity index is 786. The fourth-order valence-corrected chi connectivity index (χ4v) is 2.85. The van der Waals surface area contributed by atoms with Crippen molar-refractivity contribution < 1.29 is 36.7 Å². The number of ether oxygens (including phenoxy) is 2. The maximum atomic E-state index is 13.0. The Labute approximate surface area is 153 Å². The van der Waals surface area contributed by atoms with Crippen LogP contribution in [0.2, 0.25) is 5.02 Å². The number of halogens is 2. The molecule has 1 rings (SSSR count). The van der Waals surface area contributed by atoms with E-state index in [-0.39, 0.29) is 29.5 Å². The molecule has 0 radical (unpaired) electrons. The van der Waals surface area contributed by atoms with Gasteiger partial charge in [0.05, 0.1) is 22.9 Å². The van der Waals surface area contributed by atoms with Crippen molar-refractivity contribution in [3.63, 3.8) is 0 Å². The third-order valence-electron chi connectivity index (χ3n) is 2.70. The number of sulfonamides is 1. The van der Waals surface area contributed by atoms with Crippen molar-refractivity contribution >= 4 is 39.6 Å². The number of alkyl carbamates (subject to hydrolysis) is 1. The molecule has 0 aliphatic rings. The molecule has 2 amide bonds. The van der Waals surface area contributed by atoms with Gasteiger partial charge < -0.3 is 9.47 Å². The smallest absolute Gasteiger partial charge is 0.413 e. The highest BCUT2D eigenvalue weighted by Crippen LogP contribution is 2.19. The average molecular weight is 411 g/mol. The van der Waals surface area contributed by atoms with Gasteiger partial charge in [-0.3, -0.25) is 14.9 Å². The molecule has 26 heavy (non-hydrogen) atoms. The van der Waals surface area contributed by atoms with Crippen LogP contribution < -0.4 is 10.0 Å². The Hall–Kier alpha value is -2.24. The van der Waals surface area contributed by atoms with Crippen LogP contribution >= 0.6 is 11.6 Å². The van der Waals surface area contributed by atoms with E-state index >= 15 is 0 Å². The molecule has 0 spiro atoms. The zero-order valence-corrected chi connectivity index (χ0v) is 15.2. The van der Waals surface area contributed by atoms with Crippen LogP contribution in [-0.4, -0.2) is 46.1 Å². The van der Waals surface area contributed by atoms with E-state index < -0.39 is 40.4 Å². The van der Waals surface area contributed by atoms with E-state index in [1.54, 1.807) is 6.92 Å². The summed E-state index contributed by atoms with van der Waals surface area (Å²) in [5.74, 6) is -2.53. The number of nitrogens with one attached hydrogen (secondary N) is 2. The van der Waals surface area contributed by atoms with Crippen molar-refractivity contribution in [3.8, 4) is 0 Å². The highest BCUT2D eigenvalue weighted by molar-refractivity contribution is 7.89. The van der Waals surface area contributed by atoms with E-state index in [0.29, 0.717) is 0 Å². The summed E-state index contributed by atoms with van der Waals surface area (Å²) in [7, 11) is -4.00. The fourth-order valence-electron chi connectivity index (χ4n) is 1.55. The molecule has 0 bridgehead atoms. The van der Waals surface area contributed by atoms with Gasteiger partial charge >= 0.3 is 12.1 Å². The molecule has 2 N–H and O–H groups in total. The van der Waals surface area contributed by atoms with Crippen molar-refractivity contribution in [2.24, 2.45) is 0 Å². The number of rotatable bonds is 8. The van der Waals surface area contributed by atoms with Crippen LogP contribution in [0.5, 0.6) is 0 Å². The summed E-state index contributed by atoms with van der Waals surface area (Å²) >= 11 is 5.52. The number of hydrogen-bond donors (Lipinski definition) is 2. The number of amides is 2. The van der Waals surface area contributed by atoms with E-state index in [1.165, 1.54) is 0 Å². The van der Waals surface area contributed by atoms with E-state index in [9.17, 15) is 27.2 Å². The van der Waals surface area contributed by atoms with Crippen LogP contribution in [0.3, 0.4) is 0 Å². The first-order chi connectivity index (χ1) is 12.2. The Kier molecular flexibility index (Phi) is 8.42. The number of esters is 1. The summed E-state index contributed by atoms with van der Waals surface area (Å²) in [6.45, 7) is 0.566. The molecule has 0 fully saturated rings. The standard InChI is InChI=1S/C14H16ClFN2O7S/c1-2-24-14(21)18-12(19)8-25-13(20)5-6-17-26(22,23)9-3-4-11(16)10(15)7-9/h3-4,7,17H,2,5-6,8H2,1H3,(H,18,19,21). The van der Waals surface area contributed by atoms with Crippen molar-refractivity contribution in [1.29, 1.82) is 0 Å². The summed E-state index contributed by atoms with van der Waals surface area (Å²) in [6.07, 6.45) is -1.35. The second-order valence-electron chi connectivity index (χ2n) is 4.65. The average Bonchev–Trinajstić information content (AvgIpc) is 2.55. The van der Waals surface area contributed by atoms with Gasteiger partial charge in [-0.1, -0.05) is 11.6 Å². The minimum atomic E-state index is -4.00. The first kappa shape index (κ1) is 21.8. The third kappa shape index (κ3) is 7.33. The molecule has 1 aromatic carbocycles. The molecule has 9 nitrogen and oxygen atoms in total. The summed E-state index contributed by atoms with van der Waals surface area (Å²) in [5.41, 5.74) is 0.